The van der Waals surface area contributed by atoms with Crippen molar-refractivity contribution in [2.24, 2.45) is 5.73 Å². The van der Waals surface area contributed by atoms with E-state index in [1.54, 1.807) is 30.3 Å². The predicted molar refractivity (Wildman–Crippen MR) is 76.0 cm³/mol. The average molecular weight is 275 g/mol. The van der Waals surface area contributed by atoms with Crippen LogP contribution in [0.15, 0.2) is 48.5 Å². The molecule has 0 heterocycles. The van der Waals surface area contributed by atoms with Crippen LogP contribution in [-0.2, 0) is 11.8 Å². The van der Waals surface area contributed by atoms with E-state index in [1.807, 2.05) is 6.07 Å². The van der Waals surface area contributed by atoms with Gasteiger partial charge in [-0.05, 0) is 41.8 Å². The lowest BCUT2D eigenvalue weighted by atomic mass is 9.76. The quantitative estimate of drug-likeness (QED) is 0.781. The van der Waals surface area contributed by atoms with Crippen LogP contribution in [0.2, 0.25) is 0 Å². The van der Waals surface area contributed by atoms with Gasteiger partial charge in [-0.2, -0.15) is 0 Å². The molecular weight excluding hydrogens is 257 g/mol. The van der Waals surface area contributed by atoms with Gasteiger partial charge in [0.05, 0.1) is 6.61 Å². The van der Waals surface area contributed by atoms with Crippen molar-refractivity contribution in [3.8, 4) is 5.75 Å². The molecule has 0 aliphatic carbocycles. The van der Waals surface area contributed by atoms with Gasteiger partial charge in [-0.15, -0.1) is 0 Å². The molecule has 4 heteroatoms. The average Bonchev–Trinajstić information content (AvgIpc) is 2.46. The van der Waals surface area contributed by atoms with E-state index < -0.39 is 5.41 Å². The summed E-state index contributed by atoms with van der Waals surface area (Å²) in [6.07, 6.45) is 0.472. The number of phenolic OH excluding ortho intramolecular Hbond substituents is 1. The van der Waals surface area contributed by atoms with Gasteiger partial charge in [0.15, 0.2) is 0 Å². The van der Waals surface area contributed by atoms with Gasteiger partial charge < -0.3 is 15.9 Å². The molecule has 0 aromatic heterocycles. The van der Waals surface area contributed by atoms with Crippen LogP contribution in [0.1, 0.15) is 11.1 Å². The fourth-order valence-corrected chi connectivity index (χ4v) is 2.36. The summed E-state index contributed by atoms with van der Waals surface area (Å²) in [5.41, 5.74) is 6.83. The van der Waals surface area contributed by atoms with Crippen molar-refractivity contribution in [2.45, 2.75) is 11.8 Å². The Morgan fingerprint density at radius 2 is 1.80 bits per heavy atom. The van der Waals surface area contributed by atoms with Gasteiger partial charge in [0.25, 0.3) is 0 Å². The summed E-state index contributed by atoms with van der Waals surface area (Å²) in [7, 11) is 0. The monoisotopic (exact) mass is 275 g/mol. The highest BCUT2D eigenvalue weighted by Gasteiger charge is 2.30. The first-order valence-corrected chi connectivity index (χ1v) is 6.44. The zero-order chi connectivity index (χ0) is 14.6. The van der Waals surface area contributed by atoms with Gasteiger partial charge in [-0.1, -0.05) is 24.3 Å². The van der Waals surface area contributed by atoms with E-state index in [0.29, 0.717) is 6.42 Å². The molecule has 0 spiro atoms. The van der Waals surface area contributed by atoms with Gasteiger partial charge in [-0.3, -0.25) is 0 Å². The van der Waals surface area contributed by atoms with Gasteiger partial charge in [0, 0.05) is 12.0 Å². The van der Waals surface area contributed by atoms with Crippen molar-refractivity contribution in [3.05, 3.63) is 65.5 Å². The van der Waals surface area contributed by atoms with Gasteiger partial charge in [0.1, 0.15) is 11.6 Å². The standard InChI is InChI=1S/C16H18FNO2/c17-14-6-4-13(5-7-14)16(10-18,11-19)9-12-2-1-3-15(20)8-12/h1-8,19-20H,9-11,18H2. The molecule has 0 saturated carbocycles. The van der Waals surface area contributed by atoms with Crippen molar-refractivity contribution in [1.82, 2.24) is 0 Å². The van der Waals surface area contributed by atoms with Crippen molar-refractivity contribution in [1.29, 1.82) is 0 Å². The second kappa shape index (κ2) is 6.03. The number of phenols is 1. The molecule has 20 heavy (non-hydrogen) atoms. The summed E-state index contributed by atoms with van der Waals surface area (Å²) in [5.74, 6) is -0.152. The third-order valence-corrected chi connectivity index (χ3v) is 3.60. The van der Waals surface area contributed by atoms with E-state index >= 15 is 0 Å². The maximum Gasteiger partial charge on any atom is 0.123 e. The largest absolute Gasteiger partial charge is 0.508 e. The molecule has 1 unspecified atom stereocenters. The van der Waals surface area contributed by atoms with Crippen LogP contribution in [0.5, 0.6) is 5.75 Å². The first-order chi connectivity index (χ1) is 9.59. The lowest BCUT2D eigenvalue weighted by molar-refractivity contribution is 0.196. The number of rotatable bonds is 5. The highest BCUT2D eigenvalue weighted by molar-refractivity contribution is 5.33. The topological polar surface area (TPSA) is 66.5 Å². The minimum absolute atomic E-state index is 0.148. The summed E-state index contributed by atoms with van der Waals surface area (Å²) in [6, 6.07) is 12.8. The number of aliphatic hydroxyl groups is 1. The molecule has 2 aromatic carbocycles. The Hall–Kier alpha value is -1.91. The minimum Gasteiger partial charge on any atom is -0.508 e. The predicted octanol–water partition coefficient (Wildman–Crippen LogP) is 1.96. The van der Waals surface area contributed by atoms with Crippen molar-refractivity contribution in [2.75, 3.05) is 13.2 Å². The molecule has 4 N–H and O–H groups in total. The molecule has 0 bridgehead atoms. The number of hydrogen-bond acceptors (Lipinski definition) is 3. The summed E-state index contributed by atoms with van der Waals surface area (Å²) in [5, 5.41) is 19.3. The smallest absolute Gasteiger partial charge is 0.123 e. The third-order valence-electron chi connectivity index (χ3n) is 3.60. The second-order valence-corrected chi connectivity index (χ2v) is 5.00. The number of nitrogens with two attached hydrogens (primary N) is 1. The van der Waals surface area contributed by atoms with E-state index in [9.17, 15) is 14.6 Å². The van der Waals surface area contributed by atoms with Crippen LogP contribution < -0.4 is 5.73 Å². The number of hydrogen-bond donors (Lipinski definition) is 3. The van der Waals surface area contributed by atoms with Crippen LogP contribution in [0, 0.1) is 5.82 Å². The van der Waals surface area contributed by atoms with Crippen molar-refractivity contribution in [3.63, 3.8) is 0 Å². The van der Waals surface area contributed by atoms with E-state index in [-0.39, 0.29) is 24.7 Å². The normalized spacial score (nSPS) is 13.9. The van der Waals surface area contributed by atoms with E-state index in [2.05, 4.69) is 0 Å². The number of aliphatic hydroxyl groups excluding tert-OH is 1. The maximum absolute atomic E-state index is 13.0. The minimum atomic E-state index is -0.679. The molecule has 0 saturated heterocycles. The summed E-state index contributed by atoms with van der Waals surface area (Å²) < 4.78 is 13.0. The molecule has 3 nitrogen and oxygen atoms in total. The number of halogens is 1. The van der Waals surface area contributed by atoms with E-state index in [0.717, 1.165) is 11.1 Å². The molecule has 0 aliphatic heterocycles. The number of aromatic hydroxyl groups is 1. The first kappa shape index (κ1) is 14.5. The summed E-state index contributed by atoms with van der Waals surface area (Å²) in [6.45, 7) is 0.0789. The molecule has 0 amide bonds. The highest BCUT2D eigenvalue weighted by Crippen LogP contribution is 2.28. The molecule has 0 aliphatic rings. The van der Waals surface area contributed by atoms with Gasteiger partial charge in [-0.25, -0.2) is 4.39 Å². The Labute approximate surface area is 117 Å². The number of benzene rings is 2. The summed E-state index contributed by atoms with van der Waals surface area (Å²) in [4.78, 5) is 0. The molecule has 1 atom stereocenters. The van der Waals surface area contributed by atoms with Crippen LogP contribution >= 0.6 is 0 Å². The Bertz CT molecular complexity index is 565. The first-order valence-electron chi connectivity index (χ1n) is 6.44. The Morgan fingerprint density at radius 3 is 2.35 bits per heavy atom. The SMILES string of the molecule is NCC(CO)(Cc1cccc(O)c1)c1ccc(F)cc1. The lowest BCUT2D eigenvalue weighted by Crippen LogP contribution is -2.41. The van der Waals surface area contributed by atoms with E-state index in [4.69, 9.17) is 5.73 Å². The van der Waals surface area contributed by atoms with Crippen LogP contribution in [0.4, 0.5) is 4.39 Å². The summed E-state index contributed by atoms with van der Waals surface area (Å²) >= 11 is 0. The zero-order valence-electron chi connectivity index (χ0n) is 11.1. The molecular formula is C16H18FNO2. The van der Waals surface area contributed by atoms with Crippen molar-refractivity contribution >= 4 is 0 Å². The third kappa shape index (κ3) is 2.98. The van der Waals surface area contributed by atoms with Gasteiger partial charge >= 0.3 is 0 Å². The van der Waals surface area contributed by atoms with Crippen molar-refractivity contribution < 1.29 is 14.6 Å². The highest BCUT2D eigenvalue weighted by atomic mass is 19.1. The maximum atomic E-state index is 13.0. The fourth-order valence-electron chi connectivity index (χ4n) is 2.36. The Morgan fingerprint density at radius 1 is 1.10 bits per heavy atom. The molecule has 0 radical (unpaired) electrons. The fraction of sp³-hybridized carbons (Fsp3) is 0.250. The zero-order valence-corrected chi connectivity index (χ0v) is 11.1. The second-order valence-electron chi connectivity index (χ2n) is 5.00. The molecule has 2 aromatic rings. The Kier molecular flexibility index (Phi) is 4.37. The Balaban J connectivity index is 2.36. The van der Waals surface area contributed by atoms with Crippen LogP contribution in [-0.4, -0.2) is 23.4 Å². The van der Waals surface area contributed by atoms with Crippen LogP contribution in [0.25, 0.3) is 0 Å². The molecule has 106 valence electrons. The molecule has 2 rings (SSSR count). The van der Waals surface area contributed by atoms with Crippen LogP contribution in [0.3, 0.4) is 0 Å². The van der Waals surface area contributed by atoms with E-state index in [1.165, 1.54) is 12.1 Å². The lowest BCUT2D eigenvalue weighted by Gasteiger charge is -2.31. The van der Waals surface area contributed by atoms with Gasteiger partial charge in [0.2, 0.25) is 0 Å². The molecule has 0 fully saturated rings.